The van der Waals surface area contributed by atoms with Gasteiger partial charge < -0.3 is 9.84 Å². The molecule has 0 atom stereocenters. The molecule has 0 aliphatic carbocycles. The highest BCUT2D eigenvalue weighted by molar-refractivity contribution is 5.91. The number of pyridine rings is 1. The van der Waals surface area contributed by atoms with Crippen LogP contribution in [-0.4, -0.2) is 22.0 Å². The van der Waals surface area contributed by atoms with E-state index in [9.17, 15) is 9.59 Å². The van der Waals surface area contributed by atoms with Gasteiger partial charge in [0.05, 0.1) is 11.1 Å². The van der Waals surface area contributed by atoms with Gasteiger partial charge >= 0.3 is 11.9 Å². The summed E-state index contributed by atoms with van der Waals surface area (Å²) in [5, 5.41) is 8.69. The summed E-state index contributed by atoms with van der Waals surface area (Å²) in [4.78, 5) is 26.0. The van der Waals surface area contributed by atoms with Crippen molar-refractivity contribution in [3.05, 3.63) is 59.8 Å². The Morgan fingerprint density at radius 3 is 2.28 bits per heavy atom. The third-order valence-electron chi connectivity index (χ3n) is 2.19. The van der Waals surface area contributed by atoms with Crippen molar-refractivity contribution in [1.29, 1.82) is 0 Å². The summed E-state index contributed by atoms with van der Waals surface area (Å²) in [6.07, 6.45) is 1.13. The molecule has 0 fully saturated rings. The number of hydrogen-bond donors (Lipinski definition) is 1. The number of benzene rings is 1. The quantitative estimate of drug-likeness (QED) is 0.834. The summed E-state index contributed by atoms with van der Waals surface area (Å²) in [6.45, 7) is 0. The summed E-state index contributed by atoms with van der Waals surface area (Å²) < 4.78 is 4.99. The molecule has 0 spiro atoms. The minimum absolute atomic E-state index is 0.0366. The van der Waals surface area contributed by atoms with E-state index < -0.39 is 11.9 Å². The SMILES string of the molecule is O=C(O)c1ccc(OC(=O)c2ccccc2)nc1. The molecule has 5 nitrogen and oxygen atoms in total. The number of ether oxygens (including phenoxy) is 1. The molecule has 0 aliphatic rings. The number of aromatic carboxylic acids is 1. The van der Waals surface area contributed by atoms with Crippen LogP contribution in [0.4, 0.5) is 0 Å². The number of carbonyl (C=O) groups is 2. The van der Waals surface area contributed by atoms with Gasteiger partial charge in [0.2, 0.25) is 5.88 Å². The molecule has 90 valence electrons. The van der Waals surface area contributed by atoms with Crippen LogP contribution in [0.2, 0.25) is 0 Å². The molecule has 0 aliphatic heterocycles. The average molecular weight is 243 g/mol. The van der Waals surface area contributed by atoms with Gasteiger partial charge in [0, 0.05) is 12.3 Å². The molecule has 2 rings (SSSR count). The number of carboxylic acid groups (broad SMARTS) is 1. The zero-order valence-corrected chi connectivity index (χ0v) is 9.24. The molecule has 0 amide bonds. The Hall–Kier alpha value is -2.69. The van der Waals surface area contributed by atoms with Gasteiger partial charge in [-0.05, 0) is 18.2 Å². The number of carboxylic acids is 1. The molecular formula is C13H9NO4. The van der Waals surface area contributed by atoms with Crippen molar-refractivity contribution < 1.29 is 19.4 Å². The molecule has 2 aromatic rings. The van der Waals surface area contributed by atoms with E-state index in [2.05, 4.69) is 4.98 Å². The van der Waals surface area contributed by atoms with Crippen LogP contribution in [0.5, 0.6) is 5.88 Å². The topological polar surface area (TPSA) is 76.5 Å². The van der Waals surface area contributed by atoms with Gasteiger partial charge in [0.25, 0.3) is 0 Å². The highest BCUT2D eigenvalue weighted by atomic mass is 16.5. The van der Waals surface area contributed by atoms with Gasteiger partial charge in [-0.3, -0.25) is 0 Å². The number of aromatic nitrogens is 1. The summed E-state index contributed by atoms with van der Waals surface area (Å²) in [5.74, 6) is -1.55. The predicted molar refractivity (Wildman–Crippen MR) is 62.6 cm³/mol. The predicted octanol–water partition coefficient (Wildman–Crippen LogP) is 2.00. The molecule has 0 radical (unpaired) electrons. The van der Waals surface area contributed by atoms with Gasteiger partial charge in [-0.1, -0.05) is 18.2 Å². The lowest BCUT2D eigenvalue weighted by molar-refractivity contribution is 0.0696. The first-order chi connectivity index (χ1) is 8.66. The Labute approximate surface area is 103 Å². The first kappa shape index (κ1) is 11.8. The summed E-state index contributed by atoms with van der Waals surface area (Å²) in [7, 11) is 0. The largest absolute Gasteiger partial charge is 0.478 e. The molecule has 1 N–H and O–H groups in total. The third kappa shape index (κ3) is 2.70. The summed E-state index contributed by atoms with van der Waals surface area (Å²) >= 11 is 0. The Morgan fingerprint density at radius 1 is 1.00 bits per heavy atom. The van der Waals surface area contributed by atoms with E-state index in [1.54, 1.807) is 30.3 Å². The summed E-state index contributed by atoms with van der Waals surface area (Å²) in [5.41, 5.74) is 0.441. The fourth-order valence-electron chi connectivity index (χ4n) is 1.30. The molecule has 1 heterocycles. The molecule has 0 saturated heterocycles. The van der Waals surface area contributed by atoms with Crippen LogP contribution >= 0.6 is 0 Å². The summed E-state index contributed by atoms with van der Waals surface area (Å²) in [6, 6.07) is 11.1. The second-order valence-corrected chi connectivity index (χ2v) is 3.45. The second kappa shape index (κ2) is 5.09. The average Bonchev–Trinajstić information content (AvgIpc) is 2.40. The zero-order valence-electron chi connectivity index (χ0n) is 9.24. The molecular weight excluding hydrogens is 234 g/mol. The van der Waals surface area contributed by atoms with Crippen molar-refractivity contribution in [2.75, 3.05) is 0 Å². The molecule has 1 aromatic heterocycles. The van der Waals surface area contributed by atoms with Crippen molar-refractivity contribution in [2.24, 2.45) is 0 Å². The number of rotatable bonds is 3. The first-order valence-corrected chi connectivity index (χ1v) is 5.13. The van der Waals surface area contributed by atoms with Crippen LogP contribution in [-0.2, 0) is 0 Å². The van der Waals surface area contributed by atoms with Crippen molar-refractivity contribution in [1.82, 2.24) is 4.98 Å². The van der Waals surface area contributed by atoms with Crippen molar-refractivity contribution >= 4 is 11.9 Å². The second-order valence-electron chi connectivity index (χ2n) is 3.45. The Balaban J connectivity index is 2.10. The van der Waals surface area contributed by atoms with Crippen LogP contribution in [0, 0.1) is 0 Å². The van der Waals surface area contributed by atoms with E-state index >= 15 is 0 Å². The smallest absolute Gasteiger partial charge is 0.344 e. The maximum Gasteiger partial charge on any atom is 0.344 e. The molecule has 5 heteroatoms. The fourth-order valence-corrected chi connectivity index (χ4v) is 1.30. The lowest BCUT2D eigenvalue weighted by Gasteiger charge is -2.03. The molecule has 18 heavy (non-hydrogen) atoms. The number of esters is 1. The number of carbonyl (C=O) groups excluding carboxylic acids is 1. The maximum atomic E-state index is 11.7. The molecule has 0 unspecified atom stereocenters. The van der Waals surface area contributed by atoms with Crippen LogP contribution in [0.3, 0.4) is 0 Å². The van der Waals surface area contributed by atoms with Gasteiger partial charge in [-0.15, -0.1) is 0 Å². The molecule has 1 aromatic carbocycles. The zero-order chi connectivity index (χ0) is 13.0. The minimum Gasteiger partial charge on any atom is -0.478 e. The molecule has 0 bridgehead atoms. The van der Waals surface area contributed by atoms with Crippen molar-refractivity contribution in [3.8, 4) is 5.88 Å². The number of hydrogen-bond acceptors (Lipinski definition) is 4. The van der Waals surface area contributed by atoms with E-state index in [-0.39, 0.29) is 11.4 Å². The Kier molecular flexibility index (Phi) is 3.33. The van der Waals surface area contributed by atoms with Gasteiger partial charge in [-0.2, -0.15) is 0 Å². The van der Waals surface area contributed by atoms with Gasteiger partial charge in [0.1, 0.15) is 0 Å². The van der Waals surface area contributed by atoms with Crippen molar-refractivity contribution in [2.45, 2.75) is 0 Å². The standard InChI is InChI=1S/C13H9NO4/c15-12(16)10-6-7-11(14-8-10)18-13(17)9-4-2-1-3-5-9/h1-8H,(H,15,16). The van der Waals surface area contributed by atoms with E-state index in [0.717, 1.165) is 6.20 Å². The Morgan fingerprint density at radius 2 is 1.72 bits per heavy atom. The van der Waals surface area contributed by atoms with Crippen LogP contribution in [0.15, 0.2) is 48.7 Å². The lowest BCUT2D eigenvalue weighted by atomic mass is 10.2. The fraction of sp³-hybridized carbons (Fsp3) is 0. The van der Waals surface area contributed by atoms with Gasteiger partial charge in [0.15, 0.2) is 0 Å². The Bertz CT molecular complexity index is 563. The van der Waals surface area contributed by atoms with E-state index in [0.29, 0.717) is 5.56 Å². The van der Waals surface area contributed by atoms with E-state index in [4.69, 9.17) is 9.84 Å². The molecule has 0 saturated carbocycles. The van der Waals surface area contributed by atoms with Crippen LogP contribution in [0.1, 0.15) is 20.7 Å². The lowest BCUT2D eigenvalue weighted by Crippen LogP contribution is -2.09. The van der Waals surface area contributed by atoms with Crippen LogP contribution in [0.25, 0.3) is 0 Å². The third-order valence-corrected chi connectivity index (χ3v) is 2.19. The maximum absolute atomic E-state index is 11.7. The number of nitrogens with zero attached hydrogens (tertiary/aromatic N) is 1. The highest BCUT2D eigenvalue weighted by Crippen LogP contribution is 2.10. The van der Waals surface area contributed by atoms with Crippen LogP contribution < -0.4 is 4.74 Å². The van der Waals surface area contributed by atoms with Crippen molar-refractivity contribution in [3.63, 3.8) is 0 Å². The normalized spacial score (nSPS) is 9.78. The van der Waals surface area contributed by atoms with E-state index in [1.807, 2.05) is 0 Å². The minimum atomic E-state index is -1.08. The highest BCUT2D eigenvalue weighted by Gasteiger charge is 2.09. The monoisotopic (exact) mass is 243 g/mol. The van der Waals surface area contributed by atoms with E-state index in [1.165, 1.54) is 12.1 Å². The first-order valence-electron chi connectivity index (χ1n) is 5.13. The van der Waals surface area contributed by atoms with Gasteiger partial charge in [-0.25, -0.2) is 14.6 Å².